The third-order valence-corrected chi connectivity index (χ3v) is 6.83. The van der Waals surface area contributed by atoms with Crippen LogP contribution in [0.3, 0.4) is 0 Å². The van der Waals surface area contributed by atoms with Gasteiger partial charge in [-0.15, -0.1) is 0 Å². The van der Waals surface area contributed by atoms with Crippen molar-refractivity contribution in [1.82, 2.24) is 15.2 Å². The highest BCUT2D eigenvalue weighted by Crippen LogP contribution is 2.24. The first-order valence-electron chi connectivity index (χ1n) is 12.6. The number of benzene rings is 3. The Kier molecular flexibility index (Phi) is 8.68. The maximum Gasteiger partial charge on any atom is 0.268 e. The summed E-state index contributed by atoms with van der Waals surface area (Å²) in [5, 5.41) is 36.9. The Balaban J connectivity index is 1.37. The minimum absolute atomic E-state index is 0.0122. The van der Waals surface area contributed by atoms with E-state index in [2.05, 4.69) is 29.7 Å². The fraction of sp³-hybridized carbons (Fsp3) is 0.300. The van der Waals surface area contributed by atoms with Crippen LogP contribution in [0.1, 0.15) is 45.8 Å². The van der Waals surface area contributed by atoms with Gasteiger partial charge in [-0.1, -0.05) is 30.3 Å². The number of para-hydroxylation sites is 1. The average molecular weight is 518 g/mol. The van der Waals surface area contributed by atoms with Gasteiger partial charge in [0, 0.05) is 48.2 Å². The molecule has 38 heavy (non-hydrogen) atoms. The van der Waals surface area contributed by atoms with E-state index in [1.54, 1.807) is 19.2 Å². The third kappa shape index (κ3) is 6.16. The second-order valence-electron chi connectivity index (χ2n) is 9.55. The lowest BCUT2D eigenvalue weighted by atomic mass is 10.0. The van der Waals surface area contributed by atoms with Crippen molar-refractivity contribution in [3.05, 3.63) is 94.7 Å². The molecule has 2 atom stereocenters. The molecule has 3 aromatic carbocycles. The van der Waals surface area contributed by atoms with Gasteiger partial charge >= 0.3 is 0 Å². The molecule has 5 N–H and O–H groups in total. The van der Waals surface area contributed by atoms with Gasteiger partial charge in [0.2, 0.25) is 0 Å². The summed E-state index contributed by atoms with van der Waals surface area (Å²) >= 11 is 0. The summed E-state index contributed by atoms with van der Waals surface area (Å²) in [4.78, 5) is 13.0. The monoisotopic (exact) mass is 517 g/mol. The van der Waals surface area contributed by atoms with E-state index in [-0.39, 0.29) is 24.3 Å². The third-order valence-electron chi connectivity index (χ3n) is 6.83. The van der Waals surface area contributed by atoms with Crippen LogP contribution in [-0.2, 0) is 26.6 Å². The van der Waals surface area contributed by atoms with Crippen molar-refractivity contribution >= 4 is 16.8 Å². The van der Waals surface area contributed by atoms with Crippen LogP contribution < -0.4 is 15.4 Å². The van der Waals surface area contributed by atoms with E-state index in [9.17, 15) is 20.1 Å². The summed E-state index contributed by atoms with van der Waals surface area (Å²) < 4.78 is 7.27. The van der Waals surface area contributed by atoms with Gasteiger partial charge in [0.15, 0.2) is 0 Å². The zero-order valence-corrected chi connectivity index (χ0v) is 21.9. The van der Waals surface area contributed by atoms with Crippen LogP contribution in [-0.4, -0.2) is 45.5 Å². The number of aromatic nitrogens is 1. The summed E-state index contributed by atoms with van der Waals surface area (Å²) in [6.45, 7) is 2.47. The number of carbonyl (C=O) groups is 1. The maximum atomic E-state index is 13.0. The lowest BCUT2D eigenvalue weighted by Crippen LogP contribution is -2.32. The molecule has 0 spiro atoms. The number of aliphatic hydroxyl groups is 2. The molecule has 0 unspecified atom stereocenters. The summed E-state index contributed by atoms with van der Waals surface area (Å²) in [5.74, 6) is 0.597. The predicted octanol–water partition coefficient (Wildman–Crippen LogP) is 3.57. The first-order valence-corrected chi connectivity index (χ1v) is 12.6. The fourth-order valence-corrected chi connectivity index (χ4v) is 4.65. The molecule has 8 heteroatoms. The smallest absolute Gasteiger partial charge is 0.268 e. The highest BCUT2D eigenvalue weighted by atomic mass is 16.5. The van der Waals surface area contributed by atoms with E-state index in [1.165, 1.54) is 6.07 Å². The van der Waals surface area contributed by atoms with Crippen LogP contribution in [0.25, 0.3) is 10.9 Å². The number of amides is 1. The Morgan fingerprint density at radius 2 is 1.84 bits per heavy atom. The van der Waals surface area contributed by atoms with Crippen molar-refractivity contribution < 1.29 is 24.9 Å². The minimum atomic E-state index is -0.767. The van der Waals surface area contributed by atoms with Crippen LogP contribution in [0.15, 0.2) is 66.7 Å². The van der Waals surface area contributed by atoms with Gasteiger partial charge in [0.05, 0.1) is 19.8 Å². The van der Waals surface area contributed by atoms with Crippen LogP contribution in [0.4, 0.5) is 0 Å². The molecule has 0 aliphatic heterocycles. The van der Waals surface area contributed by atoms with Crippen LogP contribution >= 0.6 is 0 Å². The molecular formula is C30H35N3O5. The van der Waals surface area contributed by atoms with Gasteiger partial charge in [-0.2, -0.15) is 0 Å². The molecule has 4 aromatic rings. The molecule has 1 heterocycles. The highest BCUT2D eigenvalue weighted by molar-refractivity contribution is 5.98. The summed E-state index contributed by atoms with van der Waals surface area (Å²) in [6.07, 6.45) is -0.0263. The second-order valence-corrected chi connectivity index (χ2v) is 9.55. The minimum Gasteiger partial charge on any atom is -0.508 e. The lowest BCUT2D eigenvalue weighted by molar-refractivity contribution is 0.0943. The number of methoxy groups -OCH3 is 1. The van der Waals surface area contributed by atoms with Crippen molar-refractivity contribution in [1.29, 1.82) is 0 Å². The average Bonchev–Trinajstić information content (AvgIpc) is 3.26. The number of phenols is 1. The first kappa shape index (κ1) is 27.2. The summed E-state index contributed by atoms with van der Waals surface area (Å²) in [7, 11) is 3.50. The number of ether oxygens (including phenoxy) is 1. The van der Waals surface area contributed by atoms with Crippen LogP contribution in [0, 0.1) is 0 Å². The predicted molar refractivity (Wildman–Crippen MR) is 147 cm³/mol. The van der Waals surface area contributed by atoms with E-state index < -0.39 is 6.10 Å². The van der Waals surface area contributed by atoms with E-state index in [0.29, 0.717) is 29.9 Å². The van der Waals surface area contributed by atoms with Crippen molar-refractivity contribution in [2.75, 3.05) is 13.7 Å². The Morgan fingerprint density at radius 3 is 2.61 bits per heavy atom. The molecule has 0 bridgehead atoms. The van der Waals surface area contributed by atoms with Gasteiger partial charge in [0.1, 0.15) is 17.2 Å². The van der Waals surface area contributed by atoms with Gasteiger partial charge in [0.25, 0.3) is 5.91 Å². The standard InChI is InChI=1S/C30H35N3O5/c1-19(31-17-28(36)21-9-11-27(35)24(14-21)18-34)12-20-8-10-25-23(13-20)15-26(33(25)2)30(37)32-16-22-6-4-5-7-29(22)38-3/h4-11,13-15,19,28,31,34-36H,12,16-18H2,1-3H3,(H,32,37)/t19-,28-/m1/s1. The molecule has 4 rings (SSSR count). The number of aliphatic hydroxyl groups excluding tert-OH is 2. The molecule has 1 aromatic heterocycles. The first-order chi connectivity index (χ1) is 18.3. The topological polar surface area (TPSA) is 116 Å². The Hall–Kier alpha value is -3.85. The van der Waals surface area contributed by atoms with Crippen LogP contribution in [0.2, 0.25) is 0 Å². The van der Waals surface area contributed by atoms with Crippen LogP contribution in [0.5, 0.6) is 11.5 Å². The molecule has 0 saturated heterocycles. The van der Waals surface area contributed by atoms with E-state index >= 15 is 0 Å². The largest absolute Gasteiger partial charge is 0.508 e. The van der Waals surface area contributed by atoms with Crippen molar-refractivity contribution in [2.45, 2.75) is 38.6 Å². The molecule has 0 saturated carbocycles. The molecule has 200 valence electrons. The number of hydrogen-bond acceptors (Lipinski definition) is 6. The fourth-order valence-electron chi connectivity index (χ4n) is 4.65. The second kappa shape index (κ2) is 12.1. The van der Waals surface area contributed by atoms with E-state index in [0.717, 1.165) is 34.2 Å². The molecule has 0 radical (unpaired) electrons. The van der Waals surface area contributed by atoms with E-state index in [4.69, 9.17) is 4.74 Å². The Bertz CT molecular complexity index is 1410. The Labute approximate surface area is 222 Å². The number of fused-ring (bicyclic) bond motifs is 1. The number of nitrogens with one attached hydrogen (secondary N) is 2. The normalized spacial score (nSPS) is 12.9. The molecular weight excluding hydrogens is 482 g/mol. The summed E-state index contributed by atoms with van der Waals surface area (Å²) in [5.41, 5.74) is 4.60. The number of nitrogens with zero attached hydrogens (tertiary/aromatic N) is 1. The molecule has 0 fully saturated rings. The number of carbonyl (C=O) groups excluding carboxylic acids is 1. The quantitative estimate of drug-likeness (QED) is 0.208. The Morgan fingerprint density at radius 1 is 1.05 bits per heavy atom. The number of rotatable bonds is 11. The number of aryl methyl sites for hydroxylation is 1. The number of hydrogen-bond donors (Lipinski definition) is 5. The van der Waals surface area contributed by atoms with E-state index in [1.807, 2.05) is 48.0 Å². The molecule has 0 aliphatic rings. The zero-order valence-electron chi connectivity index (χ0n) is 21.9. The number of aromatic hydroxyl groups is 1. The SMILES string of the molecule is COc1ccccc1CNC(=O)c1cc2cc(C[C@@H](C)NC[C@@H](O)c3ccc(O)c(CO)c3)ccc2n1C. The van der Waals surface area contributed by atoms with Gasteiger partial charge < -0.3 is 35.3 Å². The van der Waals surface area contributed by atoms with Crippen molar-refractivity contribution in [2.24, 2.45) is 7.05 Å². The highest BCUT2D eigenvalue weighted by Gasteiger charge is 2.16. The zero-order chi connectivity index (χ0) is 27.2. The van der Waals surface area contributed by atoms with Gasteiger partial charge in [-0.3, -0.25) is 4.79 Å². The molecule has 0 aliphatic carbocycles. The van der Waals surface area contributed by atoms with Crippen molar-refractivity contribution in [3.8, 4) is 11.5 Å². The molecule has 8 nitrogen and oxygen atoms in total. The lowest BCUT2D eigenvalue weighted by Gasteiger charge is -2.18. The van der Waals surface area contributed by atoms with Gasteiger partial charge in [-0.25, -0.2) is 0 Å². The summed E-state index contributed by atoms with van der Waals surface area (Å²) in [6, 6.07) is 20.5. The van der Waals surface area contributed by atoms with Crippen molar-refractivity contribution in [3.63, 3.8) is 0 Å². The molecule has 1 amide bonds. The van der Waals surface area contributed by atoms with Gasteiger partial charge in [-0.05, 0) is 60.9 Å². The maximum absolute atomic E-state index is 13.0.